The maximum absolute atomic E-state index is 13.1. The Labute approximate surface area is 138 Å². The number of carbonyl (C=O) groups is 1. The van der Waals surface area contributed by atoms with Gasteiger partial charge in [-0.25, -0.2) is 4.79 Å². The van der Waals surface area contributed by atoms with Gasteiger partial charge in [0.15, 0.2) is 0 Å². The highest BCUT2D eigenvalue weighted by atomic mass is 32.1. The molecular formula is C16H11F3O4S. The zero-order chi connectivity index (χ0) is 17.5. The Hall–Kier alpha value is -2.48. The molecular weight excluding hydrogens is 345 g/mol. The molecule has 1 aliphatic rings. The molecule has 1 aromatic carbocycles. The minimum atomic E-state index is -4.83. The third-order valence-electron chi connectivity index (χ3n) is 3.55. The fraction of sp³-hybridized carbons (Fsp3) is 0.188. The van der Waals surface area contributed by atoms with E-state index >= 15 is 0 Å². The molecule has 0 spiro atoms. The Morgan fingerprint density at radius 1 is 1.38 bits per heavy atom. The van der Waals surface area contributed by atoms with E-state index in [9.17, 15) is 18.0 Å². The third-order valence-corrected chi connectivity index (χ3v) is 4.23. The number of carboxylic acid groups (broad SMARTS) is 1. The van der Waals surface area contributed by atoms with Crippen LogP contribution in [0.4, 0.5) is 13.2 Å². The maximum atomic E-state index is 13.1. The van der Waals surface area contributed by atoms with Crippen molar-refractivity contribution in [2.45, 2.75) is 12.3 Å². The number of aliphatic carboxylic acids is 1. The van der Waals surface area contributed by atoms with Crippen LogP contribution in [-0.4, -0.2) is 30.5 Å². The Kier molecular flexibility index (Phi) is 4.00. The molecule has 24 heavy (non-hydrogen) atoms. The number of halogens is 3. The highest BCUT2D eigenvalue weighted by Gasteiger charge is 2.48. The maximum Gasteiger partial charge on any atom is 0.430 e. The Morgan fingerprint density at radius 3 is 2.67 bits per heavy atom. The van der Waals surface area contributed by atoms with Crippen LogP contribution in [0.15, 0.2) is 34.5 Å². The second-order valence-corrected chi connectivity index (χ2v) is 5.83. The normalized spacial score (nSPS) is 16.8. The first kappa shape index (κ1) is 16.4. The summed E-state index contributed by atoms with van der Waals surface area (Å²) >= 11 is 1.46. The van der Waals surface area contributed by atoms with Gasteiger partial charge in [0.05, 0.1) is 12.7 Å². The third kappa shape index (κ3) is 2.84. The quantitative estimate of drug-likeness (QED) is 0.895. The topological polar surface area (TPSA) is 55.8 Å². The standard InChI is InChI=1S/C16H11F3O4S/c1-22-13-6-12-9(4-10(13)8-2-3-24-7-8)5-11(15(20)21)14(23-12)16(17,18)19/h2-7,14H,1H3,(H,20,21). The number of hydrogen-bond acceptors (Lipinski definition) is 4. The van der Waals surface area contributed by atoms with Crippen LogP contribution in [0.5, 0.6) is 11.5 Å². The fourth-order valence-corrected chi connectivity index (χ4v) is 3.11. The average molecular weight is 356 g/mol. The molecule has 0 saturated carbocycles. The monoisotopic (exact) mass is 356 g/mol. The van der Waals surface area contributed by atoms with Crippen LogP contribution in [0.3, 0.4) is 0 Å². The number of thiophene rings is 1. The zero-order valence-corrected chi connectivity index (χ0v) is 13.1. The number of hydrogen-bond donors (Lipinski definition) is 1. The summed E-state index contributed by atoms with van der Waals surface area (Å²) in [4.78, 5) is 11.2. The highest BCUT2D eigenvalue weighted by Crippen LogP contribution is 2.43. The minimum absolute atomic E-state index is 0.0712. The summed E-state index contributed by atoms with van der Waals surface area (Å²) in [6, 6.07) is 4.74. The van der Waals surface area contributed by atoms with Gasteiger partial charge in [-0.05, 0) is 34.5 Å². The van der Waals surface area contributed by atoms with Crippen molar-refractivity contribution >= 4 is 23.4 Å². The Bertz CT molecular complexity index is 809. The lowest BCUT2D eigenvalue weighted by molar-refractivity contribution is -0.187. The van der Waals surface area contributed by atoms with Crippen LogP contribution in [0, 0.1) is 0 Å². The van der Waals surface area contributed by atoms with Gasteiger partial charge in [0.25, 0.3) is 0 Å². The molecule has 1 aromatic heterocycles. The molecule has 1 N–H and O–H groups in total. The van der Waals surface area contributed by atoms with Crippen molar-refractivity contribution in [3.8, 4) is 22.6 Å². The van der Waals surface area contributed by atoms with Gasteiger partial charge in [0, 0.05) is 17.2 Å². The van der Waals surface area contributed by atoms with Crippen LogP contribution in [-0.2, 0) is 4.79 Å². The second kappa shape index (κ2) is 5.86. The van der Waals surface area contributed by atoms with E-state index in [1.54, 1.807) is 6.07 Å². The van der Waals surface area contributed by atoms with Crippen molar-refractivity contribution in [2.24, 2.45) is 0 Å². The lowest BCUT2D eigenvalue weighted by atomic mass is 9.97. The van der Waals surface area contributed by atoms with Crippen molar-refractivity contribution in [1.29, 1.82) is 0 Å². The number of fused-ring (bicyclic) bond motifs is 1. The van der Waals surface area contributed by atoms with Gasteiger partial charge in [-0.2, -0.15) is 24.5 Å². The molecule has 0 amide bonds. The van der Waals surface area contributed by atoms with E-state index in [-0.39, 0.29) is 11.3 Å². The molecule has 3 rings (SSSR count). The summed E-state index contributed by atoms with van der Waals surface area (Å²) in [7, 11) is 1.40. The summed E-state index contributed by atoms with van der Waals surface area (Å²) in [6.07, 6.45) is -6.35. The average Bonchev–Trinajstić information content (AvgIpc) is 3.05. The molecule has 0 aliphatic carbocycles. The number of benzene rings is 1. The van der Waals surface area contributed by atoms with Crippen molar-refractivity contribution in [2.75, 3.05) is 7.11 Å². The van der Waals surface area contributed by atoms with E-state index in [1.807, 2.05) is 16.8 Å². The van der Waals surface area contributed by atoms with Crippen LogP contribution in [0.2, 0.25) is 0 Å². The molecule has 0 saturated heterocycles. The summed E-state index contributed by atoms with van der Waals surface area (Å²) in [6.45, 7) is 0. The van der Waals surface area contributed by atoms with Crippen LogP contribution >= 0.6 is 11.3 Å². The van der Waals surface area contributed by atoms with Crippen molar-refractivity contribution in [3.63, 3.8) is 0 Å². The lowest BCUT2D eigenvalue weighted by Crippen LogP contribution is -2.40. The number of methoxy groups -OCH3 is 1. The van der Waals surface area contributed by atoms with Crippen LogP contribution < -0.4 is 9.47 Å². The highest BCUT2D eigenvalue weighted by molar-refractivity contribution is 7.08. The minimum Gasteiger partial charge on any atom is -0.496 e. The number of carboxylic acids is 1. The molecule has 1 aliphatic heterocycles. The molecule has 0 radical (unpaired) electrons. The summed E-state index contributed by atoms with van der Waals surface area (Å²) in [5.74, 6) is -1.39. The van der Waals surface area contributed by atoms with Gasteiger partial charge < -0.3 is 14.6 Å². The smallest absolute Gasteiger partial charge is 0.430 e. The molecule has 0 fully saturated rings. The number of ether oxygens (including phenoxy) is 2. The Balaban J connectivity index is 2.16. The van der Waals surface area contributed by atoms with E-state index in [0.717, 1.165) is 11.6 Å². The van der Waals surface area contributed by atoms with Crippen molar-refractivity contribution in [3.05, 3.63) is 40.1 Å². The first-order chi connectivity index (χ1) is 11.3. The van der Waals surface area contributed by atoms with E-state index in [1.165, 1.54) is 24.5 Å². The predicted molar refractivity (Wildman–Crippen MR) is 82.4 cm³/mol. The van der Waals surface area contributed by atoms with Gasteiger partial charge in [-0.15, -0.1) is 0 Å². The van der Waals surface area contributed by atoms with E-state index in [2.05, 4.69) is 0 Å². The predicted octanol–water partition coefficient (Wildman–Crippen LogP) is 4.22. The van der Waals surface area contributed by atoms with Gasteiger partial charge in [0.2, 0.25) is 6.10 Å². The molecule has 2 heterocycles. The molecule has 1 unspecified atom stereocenters. The molecule has 0 bridgehead atoms. The van der Waals surface area contributed by atoms with Gasteiger partial charge in [-0.3, -0.25) is 0 Å². The summed E-state index contributed by atoms with van der Waals surface area (Å²) in [5.41, 5.74) is 0.877. The SMILES string of the molecule is COc1cc2c(cc1-c1ccsc1)C=C(C(=O)O)C(C(F)(F)F)O2. The van der Waals surface area contributed by atoms with Crippen LogP contribution in [0.25, 0.3) is 17.2 Å². The first-order valence-corrected chi connectivity index (χ1v) is 7.68. The van der Waals surface area contributed by atoms with Crippen molar-refractivity contribution < 1.29 is 32.5 Å². The zero-order valence-electron chi connectivity index (χ0n) is 12.3. The number of rotatable bonds is 3. The fourth-order valence-electron chi connectivity index (χ4n) is 2.46. The molecule has 8 heteroatoms. The van der Waals surface area contributed by atoms with Gasteiger partial charge >= 0.3 is 12.1 Å². The Morgan fingerprint density at radius 2 is 2.12 bits per heavy atom. The van der Waals surface area contributed by atoms with Crippen molar-refractivity contribution in [1.82, 2.24) is 0 Å². The molecule has 126 valence electrons. The van der Waals surface area contributed by atoms with E-state index in [0.29, 0.717) is 11.3 Å². The van der Waals surface area contributed by atoms with Gasteiger partial charge in [-0.1, -0.05) is 0 Å². The van der Waals surface area contributed by atoms with E-state index < -0.39 is 23.8 Å². The second-order valence-electron chi connectivity index (χ2n) is 5.05. The molecule has 1 atom stereocenters. The summed E-state index contributed by atoms with van der Waals surface area (Å²) < 4.78 is 49.4. The van der Waals surface area contributed by atoms with Gasteiger partial charge in [0.1, 0.15) is 11.5 Å². The molecule has 4 nitrogen and oxygen atoms in total. The lowest BCUT2D eigenvalue weighted by Gasteiger charge is -2.27. The van der Waals surface area contributed by atoms with Crippen LogP contribution in [0.1, 0.15) is 5.56 Å². The largest absolute Gasteiger partial charge is 0.496 e. The van der Waals surface area contributed by atoms with E-state index in [4.69, 9.17) is 14.6 Å². The molecule has 2 aromatic rings. The first-order valence-electron chi connectivity index (χ1n) is 6.74. The summed E-state index contributed by atoms with van der Waals surface area (Å²) in [5, 5.41) is 12.8. The number of alkyl halides is 3.